The highest BCUT2D eigenvalue weighted by atomic mass is 32.1. The van der Waals surface area contributed by atoms with Crippen molar-refractivity contribution < 1.29 is 19.0 Å². The molecule has 0 spiro atoms. The molecule has 1 aromatic heterocycles. The lowest BCUT2D eigenvalue weighted by atomic mass is 10.1. The van der Waals surface area contributed by atoms with Crippen molar-refractivity contribution >= 4 is 17.4 Å². The van der Waals surface area contributed by atoms with Crippen molar-refractivity contribution in [2.24, 2.45) is 0 Å². The van der Waals surface area contributed by atoms with E-state index in [1.807, 2.05) is 6.92 Å². The monoisotopic (exact) mass is 354 g/mol. The number of ether oxygens (including phenoxy) is 1. The lowest BCUT2D eigenvalue weighted by Gasteiger charge is -2.09. The quantitative estimate of drug-likeness (QED) is 0.667. The first kappa shape index (κ1) is 18.0. The number of aromatic nitrogens is 1. The number of aromatic hydroxyl groups is 1. The highest BCUT2D eigenvalue weighted by Crippen LogP contribution is 2.21. The first-order valence-electron chi connectivity index (χ1n) is 7.58. The van der Waals surface area contributed by atoms with Crippen molar-refractivity contribution in [3.8, 4) is 5.88 Å². The Balaban J connectivity index is 1.99. The van der Waals surface area contributed by atoms with Crippen LogP contribution in [-0.4, -0.2) is 22.8 Å². The minimum absolute atomic E-state index is 0.0000150. The molecular weight excluding hydrogens is 335 g/mol. The van der Waals surface area contributed by atoms with E-state index in [4.69, 9.17) is 4.74 Å². The number of nitrogens with one attached hydrogen (secondary N) is 2. The Bertz CT molecular complexity index is 757. The molecule has 6 nitrogen and oxygen atoms in total. The molecule has 130 valence electrons. The summed E-state index contributed by atoms with van der Waals surface area (Å²) < 4.78 is 18.8. The van der Waals surface area contributed by atoms with Gasteiger partial charge in [0.15, 0.2) is 0 Å². The normalized spacial score (nSPS) is 10.6. The van der Waals surface area contributed by atoms with Gasteiger partial charge in [-0.2, -0.15) is 0 Å². The predicted octanol–water partition coefficient (Wildman–Crippen LogP) is 2.90. The van der Waals surface area contributed by atoms with Gasteiger partial charge in [-0.05, 0) is 18.1 Å². The summed E-state index contributed by atoms with van der Waals surface area (Å²) in [6, 6.07) is 4.45. The van der Waals surface area contributed by atoms with E-state index in [2.05, 4.69) is 10.3 Å². The Hall–Kier alpha value is -2.35. The van der Waals surface area contributed by atoms with E-state index in [-0.39, 0.29) is 17.3 Å². The third-order valence-corrected chi connectivity index (χ3v) is 4.20. The fourth-order valence-corrected chi connectivity index (χ4v) is 2.82. The van der Waals surface area contributed by atoms with Gasteiger partial charge in [0, 0.05) is 18.5 Å². The zero-order chi connectivity index (χ0) is 17.5. The summed E-state index contributed by atoms with van der Waals surface area (Å²) in [5.74, 6) is -0.618. The summed E-state index contributed by atoms with van der Waals surface area (Å²) in [4.78, 5) is 25.1. The third-order valence-electron chi connectivity index (χ3n) is 3.33. The van der Waals surface area contributed by atoms with E-state index in [1.165, 1.54) is 6.07 Å². The number of amides is 1. The number of carbonyl (C=O) groups is 1. The fourth-order valence-electron chi connectivity index (χ4n) is 2.06. The van der Waals surface area contributed by atoms with Crippen LogP contribution in [0.3, 0.4) is 0 Å². The number of carbonyl (C=O) groups excluding carboxylic acids is 1. The van der Waals surface area contributed by atoms with Crippen LogP contribution in [0.2, 0.25) is 0 Å². The fraction of sp³-hybridized carbons (Fsp3) is 0.375. The molecular formula is C16H19FN2O4S. The van der Waals surface area contributed by atoms with Crippen LogP contribution in [0.25, 0.3) is 0 Å². The minimum Gasteiger partial charge on any atom is -0.494 e. The van der Waals surface area contributed by atoms with Gasteiger partial charge in [-0.1, -0.05) is 36.8 Å². The molecule has 0 atom stereocenters. The average Bonchev–Trinajstić information content (AvgIpc) is 2.85. The topological polar surface area (TPSA) is 91.4 Å². The summed E-state index contributed by atoms with van der Waals surface area (Å²) in [7, 11) is 0. The molecule has 8 heteroatoms. The van der Waals surface area contributed by atoms with E-state index in [0.29, 0.717) is 23.5 Å². The SMILES string of the molecule is CCCCOC(=O)NCc1cc(Cc2sc(=O)[nH]c2O)ccc1F. The first-order valence-corrected chi connectivity index (χ1v) is 8.40. The third kappa shape index (κ3) is 5.09. The van der Waals surface area contributed by atoms with Crippen molar-refractivity contribution in [3.05, 3.63) is 49.7 Å². The lowest BCUT2D eigenvalue weighted by Crippen LogP contribution is -2.24. The number of halogens is 1. The van der Waals surface area contributed by atoms with Gasteiger partial charge < -0.3 is 15.2 Å². The molecule has 24 heavy (non-hydrogen) atoms. The van der Waals surface area contributed by atoms with Crippen LogP contribution in [0.4, 0.5) is 9.18 Å². The summed E-state index contributed by atoms with van der Waals surface area (Å²) in [6.07, 6.45) is 1.40. The number of thiazole rings is 1. The van der Waals surface area contributed by atoms with Gasteiger partial charge in [0.2, 0.25) is 5.88 Å². The maximum Gasteiger partial charge on any atom is 0.407 e. The van der Waals surface area contributed by atoms with E-state index in [9.17, 15) is 19.1 Å². The highest BCUT2D eigenvalue weighted by Gasteiger charge is 2.11. The number of H-pyrrole nitrogens is 1. The molecule has 3 N–H and O–H groups in total. The van der Waals surface area contributed by atoms with Crippen LogP contribution in [0.1, 0.15) is 35.8 Å². The molecule has 0 aliphatic heterocycles. The highest BCUT2D eigenvalue weighted by molar-refractivity contribution is 7.09. The first-order chi connectivity index (χ1) is 11.5. The van der Waals surface area contributed by atoms with Crippen LogP contribution in [0, 0.1) is 5.82 Å². The van der Waals surface area contributed by atoms with Crippen molar-refractivity contribution in [2.45, 2.75) is 32.7 Å². The number of benzene rings is 1. The van der Waals surface area contributed by atoms with E-state index in [1.54, 1.807) is 12.1 Å². The predicted molar refractivity (Wildman–Crippen MR) is 88.9 cm³/mol. The standard InChI is InChI=1S/C16H19FN2O4S/c1-2-3-6-23-15(21)18-9-11-7-10(4-5-12(11)17)8-13-14(20)19-16(22)24-13/h4-5,7,20H,2-3,6,8-9H2,1H3,(H,18,21)(H,19,22). The molecule has 1 heterocycles. The molecule has 0 bridgehead atoms. The second kappa shape index (κ2) is 8.49. The Morgan fingerprint density at radius 1 is 1.46 bits per heavy atom. The number of hydrogen-bond acceptors (Lipinski definition) is 5. The number of alkyl carbamates (subject to hydrolysis) is 1. The molecule has 2 aromatic rings. The molecule has 0 saturated carbocycles. The molecule has 1 aromatic carbocycles. The smallest absolute Gasteiger partial charge is 0.407 e. The molecule has 0 aliphatic rings. The molecule has 0 aliphatic carbocycles. The molecule has 0 saturated heterocycles. The lowest BCUT2D eigenvalue weighted by molar-refractivity contribution is 0.144. The van der Waals surface area contributed by atoms with Crippen molar-refractivity contribution in [3.63, 3.8) is 0 Å². The van der Waals surface area contributed by atoms with Gasteiger partial charge in [0.1, 0.15) is 5.82 Å². The summed E-state index contributed by atoms with van der Waals surface area (Å²) in [5, 5.41) is 12.1. The molecule has 0 fully saturated rings. The molecule has 0 unspecified atom stereocenters. The minimum atomic E-state index is -0.588. The van der Waals surface area contributed by atoms with Crippen molar-refractivity contribution in [2.75, 3.05) is 6.61 Å². The maximum absolute atomic E-state index is 13.9. The zero-order valence-corrected chi connectivity index (χ0v) is 14.0. The largest absolute Gasteiger partial charge is 0.494 e. The number of hydrogen-bond donors (Lipinski definition) is 3. The van der Waals surface area contributed by atoms with Gasteiger partial charge in [0.05, 0.1) is 11.5 Å². The average molecular weight is 354 g/mol. The molecule has 2 rings (SSSR count). The summed E-state index contributed by atoms with van der Waals surface area (Å²) in [5.41, 5.74) is 1.03. The van der Waals surface area contributed by atoms with Crippen molar-refractivity contribution in [1.82, 2.24) is 10.3 Å². The molecule has 0 radical (unpaired) electrons. The Morgan fingerprint density at radius 3 is 2.92 bits per heavy atom. The van der Waals surface area contributed by atoms with E-state index < -0.39 is 11.9 Å². The summed E-state index contributed by atoms with van der Waals surface area (Å²) in [6.45, 7) is 2.32. The van der Waals surface area contributed by atoms with E-state index in [0.717, 1.165) is 29.7 Å². The van der Waals surface area contributed by atoms with Gasteiger partial charge >= 0.3 is 11.0 Å². The van der Waals surface area contributed by atoms with Crippen LogP contribution < -0.4 is 10.2 Å². The van der Waals surface area contributed by atoms with Gasteiger partial charge in [-0.3, -0.25) is 9.78 Å². The zero-order valence-electron chi connectivity index (χ0n) is 13.2. The van der Waals surface area contributed by atoms with Crippen LogP contribution in [0.5, 0.6) is 5.88 Å². The Labute approximate surface area is 142 Å². The van der Waals surface area contributed by atoms with Gasteiger partial charge in [0.25, 0.3) is 0 Å². The summed E-state index contributed by atoms with van der Waals surface area (Å²) >= 11 is 0.904. The van der Waals surface area contributed by atoms with E-state index >= 15 is 0 Å². The maximum atomic E-state index is 13.9. The second-order valence-electron chi connectivity index (χ2n) is 5.23. The van der Waals surface area contributed by atoms with Gasteiger partial charge in [-0.25, -0.2) is 9.18 Å². The van der Waals surface area contributed by atoms with Crippen LogP contribution in [-0.2, 0) is 17.7 Å². The number of aromatic amines is 1. The molecule has 1 amide bonds. The Kier molecular flexibility index (Phi) is 6.36. The Morgan fingerprint density at radius 2 is 2.25 bits per heavy atom. The van der Waals surface area contributed by atoms with Crippen molar-refractivity contribution in [1.29, 1.82) is 0 Å². The number of rotatable bonds is 7. The van der Waals surface area contributed by atoms with Crippen LogP contribution in [0.15, 0.2) is 23.0 Å². The number of unbranched alkanes of at least 4 members (excludes halogenated alkanes) is 1. The van der Waals surface area contributed by atoms with Gasteiger partial charge in [-0.15, -0.1) is 0 Å². The second-order valence-corrected chi connectivity index (χ2v) is 6.30. The van der Waals surface area contributed by atoms with Crippen LogP contribution >= 0.6 is 11.3 Å².